The number of alkyl halides is 1. The molecule has 0 spiro atoms. The largest absolute Gasteiger partial charge is 0.335 e. The fraction of sp³-hybridized carbons (Fsp3) is 0.857. The number of hydrogen-bond acceptors (Lipinski definition) is 2. The average Bonchev–Trinajstić information content (AvgIpc) is 2.36. The lowest BCUT2D eigenvalue weighted by atomic mass is 9.80. The van der Waals surface area contributed by atoms with Gasteiger partial charge in [0, 0.05) is 18.9 Å². The molecule has 1 fully saturated rings. The van der Waals surface area contributed by atoms with Crippen molar-refractivity contribution in [1.29, 1.82) is 0 Å². The summed E-state index contributed by atoms with van der Waals surface area (Å²) >= 11 is 3.62. The summed E-state index contributed by atoms with van der Waals surface area (Å²) in [5.41, 5.74) is 0.106. The minimum atomic E-state index is 0.0380. The fourth-order valence-electron chi connectivity index (χ4n) is 2.83. The van der Waals surface area contributed by atoms with E-state index >= 15 is 0 Å². The average molecular weight is 333 g/mol. The minimum absolute atomic E-state index is 0.0380. The molecule has 5 heteroatoms. The zero-order chi connectivity index (χ0) is 14.5. The number of amides is 2. The summed E-state index contributed by atoms with van der Waals surface area (Å²) in [5, 5.41) is 0.884. The first-order chi connectivity index (χ1) is 8.98. The molecular weight excluding hydrogens is 308 g/mol. The first-order valence-electron chi connectivity index (χ1n) is 7.05. The first kappa shape index (κ1) is 16.5. The van der Waals surface area contributed by atoms with Gasteiger partial charge in [0.1, 0.15) is 0 Å². The van der Waals surface area contributed by atoms with Crippen LogP contribution in [0.25, 0.3) is 0 Å². The Morgan fingerprint density at radius 3 is 2.16 bits per heavy atom. The first-order valence-corrected chi connectivity index (χ1v) is 8.18. The van der Waals surface area contributed by atoms with Crippen LogP contribution in [-0.2, 0) is 9.59 Å². The Bertz CT molecular complexity index is 327. The predicted octanol–water partition coefficient (Wildman–Crippen LogP) is 2.27. The molecule has 110 valence electrons. The van der Waals surface area contributed by atoms with E-state index in [0.29, 0.717) is 6.54 Å². The highest BCUT2D eigenvalue weighted by atomic mass is 79.9. The highest BCUT2D eigenvalue weighted by molar-refractivity contribution is 9.09. The Morgan fingerprint density at radius 1 is 1.11 bits per heavy atom. The van der Waals surface area contributed by atoms with Crippen molar-refractivity contribution >= 4 is 27.7 Å². The zero-order valence-corrected chi connectivity index (χ0v) is 13.8. The Kier molecular flexibility index (Phi) is 6.30. The van der Waals surface area contributed by atoms with E-state index in [1.165, 1.54) is 4.90 Å². The summed E-state index contributed by atoms with van der Waals surface area (Å²) in [5.74, 6) is 0.107. The molecule has 0 unspecified atom stereocenters. The van der Waals surface area contributed by atoms with E-state index in [9.17, 15) is 9.59 Å². The number of halogens is 1. The van der Waals surface area contributed by atoms with Gasteiger partial charge in [0.15, 0.2) is 0 Å². The van der Waals surface area contributed by atoms with Crippen LogP contribution in [-0.4, -0.2) is 53.6 Å². The molecule has 0 aromatic rings. The molecule has 1 rings (SSSR count). The van der Waals surface area contributed by atoms with E-state index in [1.807, 2.05) is 0 Å². The van der Waals surface area contributed by atoms with Gasteiger partial charge in [-0.3, -0.25) is 9.59 Å². The Morgan fingerprint density at radius 2 is 1.68 bits per heavy atom. The SMILES string of the molecule is CCCC(CBr)(CCC)CN1CC(=O)N(C)CC1=O. The summed E-state index contributed by atoms with van der Waals surface area (Å²) in [6.45, 7) is 5.49. The van der Waals surface area contributed by atoms with E-state index in [4.69, 9.17) is 0 Å². The van der Waals surface area contributed by atoms with Crippen LogP contribution in [0.1, 0.15) is 39.5 Å². The van der Waals surface area contributed by atoms with Gasteiger partial charge in [-0.05, 0) is 18.3 Å². The van der Waals surface area contributed by atoms with E-state index in [0.717, 1.165) is 31.0 Å². The van der Waals surface area contributed by atoms with Crippen molar-refractivity contribution in [2.45, 2.75) is 39.5 Å². The third kappa shape index (κ3) is 4.20. The molecule has 19 heavy (non-hydrogen) atoms. The van der Waals surface area contributed by atoms with Gasteiger partial charge in [-0.1, -0.05) is 42.6 Å². The number of carbonyl (C=O) groups excluding carboxylic acids is 2. The number of likely N-dealkylation sites (N-methyl/N-ethyl adjacent to an activating group) is 1. The highest BCUT2D eigenvalue weighted by Crippen LogP contribution is 2.33. The summed E-state index contributed by atoms with van der Waals surface area (Å²) in [6, 6.07) is 0. The van der Waals surface area contributed by atoms with Crippen molar-refractivity contribution in [3.05, 3.63) is 0 Å². The lowest BCUT2D eigenvalue weighted by Gasteiger charge is -2.40. The normalized spacial score (nSPS) is 17.3. The lowest BCUT2D eigenvalue weighted by molar-refractivity contribution is -0.150. The molecule has 0 aromatic carbocycles. The molecule has 1 saturated heterocycles. The maximum atomic E-state index is 12.1. The van der Waals surface area contributed by atoms with Crippen LogP contribution in [0.4, 0.5) is 0 Å². The van der Waals surface area contributed by atoms with Crippen LogP contribution in [0.2, 0.25) is 0 Å². The quantitative estimate of drug-likeness (QED) is 0.671. The van der Waals surface area contributed by atoms with Crippen LogP contribution in [0.5, 0.6) is 0 Å². The Hall–Kier alpha value is -0.580. The minimum Gasteiger partial charge on any atom is -0.335 e. The molecule has 0 bridgehead atoms. The van der Waals surface area contributed by atoms with Gasteiger partial charge in [0.25, 0.3) is 0 Å². The molecule has 1 aliphatic heterocycles. The van der Waals surface area contributed by atoms with Crippen LogP contribution >= 0.6 is 15.9 Å². The third-order valence-corrected chi connectivity index (χ3v) is 5.04. The molecule has 0 aliphatic carbocycles. The monoisotopic (exact) mass is 332 g/mol. The summed E-state index contributed by atoms with van der Waals surface area (Å²) < 4.78 is 0. The highest BCUT2D eigenvalue weighted by Gasteiger charge is 2.35. The number of hydrogen-bond donors (Lipinski definition) is 0. The van der Waals surface area contributed by atoms with E-state index in [-0.39, 0.29) is 30.3 Å². The predicted molar refractivity (Wildman–Crippen MR) is 80.3 cm³/mol. The van der Waals surface area contributed by atoms with Gasteiger partial charge < -0.3 is 9.80 Å². The van der Waals surface area contributed by atoms with Crippen LogP contribution in [0, 0.1) is 5.41 Å². The van der Waals surface area contributed by atoms with Crippen molar-refractivity contribution in [1.82, 2.24) is 9.80 Å². The molecule has 1 aliphatic rings. The second-order valence-corrected chi connectivity index (χ2v) is 6.19. The van der Waals surface area contributed by atoms with Crippen molar-refractivity contribution in [3.8, 4) is 0 Å². The lowest BCUT2D eigenvalue weighted by Crippen LogP contribution is -2.55. The smallest absolute Gasteiger partial charge is 0.242 e. The standard InChI is InChI=1S/C14H25BrN2O2/c1-4-6-14(10-15,7-5-2)11-17-9-12(18)16(3)8-13(17)19/h4-11H2,1-3H3. The maximum Gasteiger partial charge on any atom is 0.242 e. The molecule has 4 nitrogen and oxygen atoms in total. The Balaban J connectivity index is 2.77. The molecule has 0 N–H and O–H groups in total. The van der Waals surface area contributed by atoms with Gasteiger partial charge in [-0.25, -0.2) is 0 Å². The number of piperazine rings is 1. The van der Waals surface area contributed by atoms with E-state index in [2.05, 4.69) is 29.8 Å². The van der Waals surface area contributed by atoms with Gasteiger partial charge in [-0.2, -0.15) is 0 Å². The van der Waals surface area contributed by atoms with Crippen LogP contribution in [0.3, 0.4) is 0 Å². The molecule has 0 saturated carbocycles. The maximum absolute atomic E-state index is 12.1. The van der Waals surface area contributed by atoms with Crippen LogP contribution in [0.15, 0.2) is 0 Å². The van der Waals surface area contributed by atoms with Crippen molar-refractivity contribution < 1.29 is 9.59 Å². The van der Waals surface area contributed by atoms with Crippen molar-refractivity contribution in [2.75, 3.05) is 32.0 Å². The Labute approximate surface area is 124 Å². The van der Waals surface area contributed by atoms with Gasteiger partial charge in [-0.15, -0.1) is 0 Å². The molecular formula is C14H25BrN2O2. The number of rotatable bonds is 7. The zero-order valence-electron chi connectivity index (χ0n) is 12.2. The molecule has 2 amide bonds. The van der Waals surface area contributed by atoms with Crippen molar-refractivity contribution in [2.24, 2.45) is 5.41 Å². The van der Waals surface area contributed by atoms with Gasteiger partial charge in [0.05, 0.1) is 13.1 Å². The second-order valence-electron chi connectivity index (χ2n) is 5.63. The van der Waals surface area contributed by atoms with Crippen molar-refractivity contribution in [3.63, 3.8) is 0 Å². The van der Waals surface area contributed by atoms with Gasteiger partial charge >= 0.3 is 0 Å². The molecule has 0 radical (unpaired) electrons. The molecule has 0 atom stereocenters. The van der Waals surface area contributed by atoms with Gasteiger partial charge in [0.2, 0.25) is 11.8 Å². The van der Waals surface area contributed by atoms with E-state index < -0.39 is 0 Å². The third-order valence-electron chi connectivity index (χ3n) is 3.85. The summed E-state index contributed by atoms with van der Waals surface area (Å²) in [4.78, 5) is 27.1. The number of nitrogens with zero attached hydrogens (tertiary/aromatic N) is 2. The molecule has 0 aromatic heterocycles. The topological polar surface area (TPSA) is 40.6 Å². The fourth-order valence-corrected chi connectivity index (χ4v) is 3.57. The summed E-state index contributed by atoms with van der Waals surface area (Å²) in [7, 11) is 1.69. The number of carbonyl (C=O) groups is 2. The summed E-state index contributed by atoms with van der Waals surface area (Å²) in [6.07, 6.45) is 4.36. The van der Waals surface area contributed by atoms with Crippen LogP contribution < -0.4 is 0 Å². The molecule has 1 heterocycles. The second kappa shape index (κ2) is 7.27. The van der Waals surface area contributed by atoms with E-state index in [1.54, 1.807) is 11.9 Å².